The summed E-state index contributed by atoms with van der Waals surface area (Å²) >= 11 is 0. The molecule has 4 aromatic rings. The fourth-order valence-corrected chi connectivity index (χ4v) is 6.01. The maximum atomic E-state index is 14.2. The normalized spacial score (nSPS) is 12.8. The van der Waals surface area contributed by atoms with E-state index in [2.05, 4.69) is 42.3 Å². The maximum Gasteiger partial charge on any atom is 0.205 e. The van der Waals surface area contributed by atoms with E-state index in [9.17, 15) is 4.57 Å². The van der Waals surface area contributed by atoms with E-state index in [-0.39, 0.29) is 6.04 Å². The van der Waals surface area contributed by atoms with E-state index in [0.717, 1.165) is 16.2 Å². The minimum atomic E-state index is -2.97. The first-order valence-corrected chi connectivity index (χ1v) is 10.9. The summed E-state index contributed by atoms with van der Waals surface area (Å²) in [5.74, 6) is 0. The van der Waals surface area contributed by atoms with E-state index in [1.54, 1.807) is 0 Å². The molecule has 0 bridgehead atoms. The van der Waals surface area contributed by atoms with Gasteiger partial charge in [-0.25, -0.2) is 0 Å². The van der Waals surface area contributed by atoms with Crippen LogP contribution in [0.15, 0.2) is 103 Å². The van der Waals surface area contributed by atoms with E-state index in [1.807, 2.05) is 72.8 Å². The summed E-state index contributed by atoms with van der Waals surface area (Å²) in [4.78, 5) is 0. The van der Waals surface area contributed by atoms with Gasteiger partial charge in [0.2, 0.25) is 7.29 Å². The van der Waals surface area contributed by atoms with Crippen LogP contribution in [-0.4, -0.2) is 0 Å². The molecule has 0 heterocycles. The van der Waals surface area contributed by atoms with Crippen molar-refractivity contribution in [2.75, 3.05) is 0 Å². The van der Waals surface area contributed by atoms with E-state index < -0.39 is 7.29 Å². The zero-order valence-electron chi connectivity index (χ0n) is 15.2. The number of nitrogens with one attached hydrogen (secondary N) is 1. The van der Waals surface area contributed by atoms with Gasteiger partial charge in [0, 0.05) is 16.7 Å². The van der Waals surface area contributed by atoms with Crippen LogP contribution in [0.5, 0.6) is 0 Å². The third-order valence-corrected chi connectivity index (χ3v) is 7.71. The third kappa shape index (κ3) is 3.47. The average Bonchev–Trinajstić information content (AvgIpc) is 2.74. The van der Waals surface area contributed by atoms with Gasteiger partial charge in [0.05, 0.1) is 0 Å². The molecular formula is C24H22NOP. The molecule has 4 aromatic carbocycles. The van der Waals surface area contributed by atoms with Crippen molar-refractivity contribution in [2.24, 2.45) is 0 Å². The van der Waals surface area contributed by atoms with Crippen LogP contribution in [0, 0.1) is 0 Å². The van der Waals surface area contributed by atoms with Crippen LogP contribution in [-0.2, 0) is 4.57 Å². The summed E-state index contributed by atoms with van der Waals surface area (Å²) in [5, 5.41) is 7.52. The van der Waals surface area contributed by atoms with Gasteiger partial charge in [-0.15, -0.1) is 0 Å². The van der Waals surface area contributed by atoms with Gasteiger partial charge in [-0.3, -0.25) is 9.65 Å². The molecule has 0 saturated heterocycles. The number of rotatable bonds is 5. The molecule has 0 aromatic heterocycles. The molecular weight excluding hydrogens is 349 g/mol. The molecule has 2 nitrogen and oxygen atoms in total. The van der Waals surface area contributed by atoms with Gasteiger partial charge < -0.3 is 0 Å². The molecule has 134 valence electrons. The van der Waals surface area contributed by atoms with Crippen molar-refractivity contribution in [3.05, 3.63) is 109 Å². The van der Waals surface area contributed by atoms with Crippen molar-refractivity contribution in [2.45, 2.75) is 13.0 Å². The molecule has 0 spiro atoms. The third-order valence-electron chi connectivity index (χ3n) is 4.90. The van der Waals surface area contributed by atoms with Crippen molar-refractivity contribution in [3.63, 3.8) is 0 Å². The largest absolute Gasteiger partial charge is 0.297 e. The second-order valence-corrected chi connectivity index (χ2v) is 9.21. The lowest BCUT2D eigenvalue weighted by Crippen LogP contribution is -2.29. The molecule has 27 heavy (non-hydrogen) atoms. The molecule has 0 aliphatic heterocycles. The standard InChI is InChI=1S/C24H22NOP/c1-19(23-18-10-12-20-11-8-9-17-24(20)23)25-27(26,21-13-4-2-5-14-21)22-15-6-3-7-16-22/h2-19H,1H3,(H,25,26)/t19-/m0/s1. The molecule has 0 unspecified atom stereocenters. The zero-order chi connectivity index (χ0) is 18.7. The lowest BCUT2D eigenvalue weighted by Gasteiger charge is -2.26. The Morgan fingerprint density at radius 2 is 1.19 bits per heavy atom. The van der Waals surface area contributed by atoms with Crippen molar-refractivity contribution < 1.29 is 4.57 Å². The van der Waals surface area contributed by atoms with Crippen LogP contribution in [0.1, 0.15) is 18.5 Å². The number of benzene rings is 4. The van der Waals surface area contributed by atoms with Crippen LogP contribution in [0.25, 0.3) is 10.8 Å². The molecule has 1 atom stereocenters. The topological polar surface area (TPSA) is 29.1 Å². The highest BCUT2D eigenvalue weighted by Gasteiger charge is 2.29. The molecule has 4 rings (SSSR count). The first-order chi connectivity index (χ1) is 13.2. The fourth-order valence-electron chi connectivity index (χ4n) is 3.54. The van der Waals surface area contributed by atoms with Crippen LogP contribution in [0.2, 0.25) is 0 Å². The second-order valence-electron chi connectivity index (χ2n) is 6.70. The van der Waals surface area contributed by atoms with Crippen molar-refractivity contribution in [1.29, 1.82) is 0 Å². The Bertz CT molecular complexity index is 1040. The Balaban J connectivity index is 1.79. The van der Waals surface area contributed by atoms with Crippen LogP contribution < -0.4 is 15.7 Å². The quantitative estimate of drug-likeness (QED) is 0.475. The summed E-state index contributed by atoms with van der Waals surface area (Å²) in [7, 11) is -2.97. The second kappa shape index (κ2) is 7.52. The van der Waals surface area contributed by atoms with Gasteiger partial charge in [0.1, 0.15) is 0 Å². The Hall–Kier alpha value is -2.67. The van der Waals surface area contributed by atoms with Gasteiger partial charge in [-0.05, 0) is 47.5 Å². The Labute approximate surface area is 160 Å². The molecule has 0 amide bonds. The van der Waals surface area contributed by atoms with Crippen LogP contribution >= 0.6 is 7.29 Å². The Kier molecular flexibility index (Phi) is 4.94. The van der Waals surface area contributed by atoms with Crippen molar-refractivity contribution in [3.8, 4) is 0 Å². The summed E-state index contributed by atoms with van der Waals surface area (Å²) in [6, 6.07) is 34.0. The lowest BCUT2D eigenvalue weighted by atomic mass is 10.0. The first-order valence-electron chi connectivity index (χ1n) is 9.15. The van der Waals surface area contributed by atoms with Crippen LogP contribution in [0.3, 0.4) is 0 Å². The molecule has 0 radical (unpaired) electrons. The van der Waals surface area contributed by atoms with Crippen molar-refractivity contribution in [1.82, 2.24) is 5.09 Å². The van der Waals surface area contributed by atoms with Crippen molar-refractivity contribution >= 4 is 28.7 Å². The van der Waals surface area contributed by atoms with E-state index >= 15 is 0 Å². The van der Waals surface area contributed by atoms with E-state index in [1.165, 1.54) is 10.8 Å². The molecule has 0 fully saturated rings. The van der Waals surface area contributed by atoms with E-state index in [0.29, 0.717) is 0 Å². The summed E-state index contributed by atoms with van der Waals surface area (Å²) in [5.41, 5.74) is 1.15. The molecule has 0 aliphatic carbocycles. The average molecular weight is 371 g/mol. The number of hydrogen-bond donors (Lipinski definition) is 1. The number of hydrogen-bond acceptors (Lipinski definition) is 1. The first kappa shape index (κ1) is 17.7. The highest BCUT2D eigenvalue weighted by molar-refractivity contribution is 7.76. The number of fused-ring (bicyclic) bond motifs is 1. The van der Waals surface area contributed by atoms with Gasteiger partial charge in [-0.2, -0.15) is 0 Å². The summed E-state index contributed by atoms with van der Waals surface area (Å²) in [6.45, 7) is 2.08. The SMILES string of the molecule is C[C@H](NP(=O)(c1ccccc1)c1ccccc1)c1cccc2ccccc12. The molecule has 0 aliphatic rings. The maximum absolute atomic E-state index is 14.2. The summed E-state index contributed by atoms with van der Waals surface area (Å²) in [6.07, 6.45) is 0. The minimum Gasteiger partial charge on any atom is -0.297 e. The molecule has 3 heteroatoms. The lowest BCUT2D eigenvalue weighted by molar-refractivity contribution is 0.569. The van der Waals surface area contributed by atoms with Gasteiger partial charge >= 0.3 is 0 Å². The molecule has 0 saturated carbocycles. The van der Waals surface area contributed by atoms with Crippen LogP contribution in [0.4, 0.5) is 0 Å². The Morgan fingerprint density at radius 1 is 0.667 bits per heavy atom. The predicted molar refractivity (Wildman–Crippen MR) is 115 cm³/mol. The minimum absolute atomic E-state index is 0.0673. The Morgan fingerprint density at radius 3 is 1.81 bits per heavy atom. The highest BCUT2D eigenvalue weighted by Crippen LogP contribution is 2.42. The smallest absolute Gasteiger partial charge is 0.205 e. The summed E-state index contributed by atoms with van der Waals surface area (Å²) < 4.78 is 14.2. The van der Waals surface area contributed by atoms with Gasteiger partial charge in [0.25, 0.3) is 0 Å². The fraction of sp³-hybridized carbons (Fsp3) is 0.0833. The molecule has 1 N–H and O–H groups in total. The monoisotopic (exact) mass is 371 g/mol. The zero-order valence-corrected chi connectivity index (χ0v) is 16.1. The highest BCUT2D eigenvalue weighted by atomic mass is 31.2. The van der Waals surface area contributed by atoms with Gasteiger partial charge in [0.15, 0.2) is 0 Å². The van der Waals surface area contributed by atoms with Gasteiger partial charge in [-0.1, -0.05) is 78.9 Å². The predicted octanol–water partition coefficient (Wildman–Crippen LogP) is 5.42. The van der Waals surface area contributed by atoms with E-state index in [4.69, 9.17) is 0 Å².